The van der Waals surface area contributed by atoms with Gasteiger partial charge < -0.3 is 4.74 Å². The fourth-order valence-corrected chi connectivity index (χ4v) is 2.72. The zero-order chi connectivity index (χ0) is 19.1. The summed E-state index contributed by atoms with van der Waals surface area (Å²) in [4.78, 5) is 12.1. The van der Waals surface area contributed by atoms with Crippen LogP contribution in [0.3, 0.4) is 0 Å². The SMILES string of the molecule is Cc1ccccc1C(=O)N/N=C/c1ccc(OCc2ccc(Br)cc2)cc1. The number of hydrogen-bond acceptors (Lipinski definition) is 3. The van der Waals surface area contributed by atoms with Crippen molar-refractivity contribution in [2.45, 2.75) is 13.5 Å². The highest BCUT2D eigenvalue weighted by Crippen LogP contribution is 2.15. The van der Waals surface area contributed by atoms with E-state index in [1.165, 1.54) is 0 Å². The molecule has 0 saturated heterocycles. The van der Waals surface area contributed by atoms with E-state index in [0.29, 0.717) is 12.2 Å². The molecule has 3 aromatic rings. The van der Waals surface area contributed by atoms with E-state index < -0.39 is 0 Å². The number of ether oxygens (including phenoxy) is 1. The third kappa shape index (κ3) is 5.53. The predicted octanol–water partition coefficient (Wildman–Crippen LogP) is 5.10. The Kier molecular flexibility index (Phi) is 6.39. The van der Waals surface area contributed by atoms with E-state index in [2.05, 4.69) is 26.5 Å². The van der Waals surface area contributed by atoms with Crippen molar-refractivity contribution in [2.75, 3.05) is 0 Å². The summed E-state index contributed by atoms with van der Waals surface area (Å²) in [6.07, 6.45) is 1.61. The average Bonchev–Trinajstić information content (AvgIpc) is 2.69. The number of halogens is 1. The number of aryl methyl sites for hydroxylation is 1. The van der Waals surface area contributed by atoms with Crippen LogP contribution in [-0.4, -0.2) is 12.1 Å². The van der Waals surface area contributed by atoms with Crippen molar-refractivity contribution in [1.82, 2.24) is 5.43 Å². The number of rotatable bonds is 6. The Bertz CT molecular complexity index is 935. The monoisotopic (exact) mass is 422 g/mol. The number of hydrazone groups is 1. The van der Waals surface area contributed by atoms with E-state index in [-0.39, 0.29) is 5.91 Å². The molecule has 3 aromatic carbocycles. The zero-order valence-corrected chi connectivity index (χ0v) is 16.4. The van der Waals surface area contributed by atoms with Crippen LogP contribution >= 0.6 is 15.9 Å². The molecule has 0 unspecified atom stereocenters. The molecule has 0 aromatic heterocycles. The first-order chi connectivity index (χ1) is 13.1. The second-order valence-corrected chi connectivity index (χ2v) is 6.91. The lowest BCUT2D eigenvalue weighted by Gasteiger charge is -2.06. The minimum absolute atomic E-state index is 0.223. The molecular formula is C22H19BrN2O2. The Morgan fingerprint density at radius 1 is 1.04 bits per heavy atom. The van der Waals surface area contributed by atoms with Gasteiger partial charge in [0, 0.05) is 10.0 Å². The molecule has 0 fully saturated rings. The number of carbonyl (C=O) groups excluding carboxylic acids is 1. The topological polar surface area (TPSA) is 50.7 Å². The molecule has 0 spiro atoms. The van der Waals surface area contributed by atoms with Gasteiger partial charge >= 0.3 is 0 Å². The molecular weight excluding hydrogens is 404 g/mol. The predicted molar refractivity (Wildman–Crippen MR) is 111 cm³/mol. The fraction of sp³-hybridized carbons (Fsp3) is 0.0909. The number of nitrogens with one attached hydrogen (secondary N) is 1. The van der Waals surface area contributed by atoms with E-state index in [1.807, 2.05) is 73.7 Å². The maximum Gasteiger partial charge on any atom is 0.271 e. The molecule has 4 nitrogen and oxygen atoms in total. The van der Waals surface area contributed by atoms with Crippen molar-refractivity contribution in [1.29, 1.82) is 0 Å². The summed E-state index contributed by atoms with van der Waals surface area (Å²) in [5.74, 6) is 0.554. The summed E-state index contributed by atoms with van der Waals surface area (Å²) in [7, 11) is 0. The van der Waals surface area contributed by atoms with Crippen LogP contribution in [0.15, 0.2) is 82.4 Å². The highest BCUT2D eigenvalue weighted by atomic mass is 79.9. The van der Waals surface area contributed by atoms with Crippen molar-refractivity contribution >= 4 is 28.1 Å². The van der Waals surface area contributed by atoms with Crippen LogP contribution in [-0.2, 0) is 6.61 Å². The number of amides is 1. The van der Waals surface area contributed by atoms with Crippen LogP contribution in [0.5, 0.6) is 5.75 Å². The first-order valence-electron chi connectivity index (χ1n) is 8.48. The molecule has 0 heterocycles. The molecule has 1 N–H and O–H groups in total. The van der Waals surface area contributed by atoms with Crippen molar-refractivity contribution in [3.63, 3.8) is 0 Å². The second kappa shape index (κ2) is 9.14. The molecule has 0 radical (unpaired) electrons. The molecule has 0 aliphatic rings. The lowest BCUT2D eigenvalue weighted by molar-refractivity contribution is 0.0954. The van der Waals surface area contributed by atoms with Crippen molar-refractivity contribution in [3.05, 3.63) is 99.5 Å². The molecule has 27 heavy (non-hydrogen) atoms. The van der Waals surface area contributed by atoms with E-state index in [9.17, 15) is 4.79 Å². The number of benzene rings is 3. The van der Waals surface area contributed by atoms with E-state index in [1.54, 1.807) is 12.3 Å². The average molecular weight is 423 g/mol. The van der Waals surface area contributed by atoms with Gasteiger partial charge in [-0.25, -0.2) is 5.43 Å². The maximum absolute atomic E-state index is 12.1. The standard InChI is InChI=1S/C22H19BrN2O2/c1-16-4-2-3-5-21(16)22(26)25-24-14-17-8-12-20(13-9-17)27-15-18-6-10-19(23)11-7-18/h2-14H,15H2,1H3,(H,25,26)/b24-14+. The normalized spacial score (nSPS) is 10.7. The highest BCUT2D eigenvalue weighted by molar-refractivity contribution is 9.10. The fourth-order valence-electron chi connectivity index (χ4n) is 2.45. The third-order valence-corrected chi connectivity index (χ3v) is 4.50. The van der Waals surface area contributed by atoms with E-state index >= 15 is 0 Å². The lowest BCUT2D eigenvalue weighted by atomic mass is 10.1. The summed E-state index contributed by atoms with van der Waals surface area (Å²) >= 11 is 3.42. The van der Waals surface area contributed by atoms with Gasteiger partial charge in [-0.3, -0.25) is 4.79 Å². The molecule has 3 rings (SSSR count). The van der Waals surface area contributed by atoms with Crippen LogP contribution in [0, 0.1) is 6.92 Å². The zero-order valence-electron chi connectivity index (χ0n) is 14.9. The van der Waals surface area contributed by atoms with Crippen molar-refractivity contribution in [3.8, 4) is 5.75 Å². The van der Waals surface area contributed by atoms with E-state index in [0.717, 1.165) is 26.9 Å². The molecule has 0 saturated carbocycles. The molecule has 0 atom stereocenters. The van der Waals surface area contributed by atoms with Crippen molar-refractivity contribution in [2.24, 2.45) is 5.10 Å². The van der Waals surface area contributed by atoms with Gasteiger partial charge in [-0.1, -0.05) is 46.3 Å². The van der Waals surface area contributed by atoms with E-state index in [4.69, 9.17) is 4.74 Å². The van der Waals surface area contributed by atoms with Gasteiger partial charge in [0.25, 0.3) is 5.91 Å². The molecule has 136 valence electrons. The van der Waals surface area contributed by atoms with Gasteiger partial charge in [0.1, 0.15) is 12.4 Å². The maximum atomic E-state index is 12.1. The van der Waals surface area contributed by atoms with Crippen LogP contribution in [0.1, 0.15) is 27.0 Å². The molecule has 0 aliphatic carbocycles. The minimum atomic E-state index is -0.223. The van der Waals surface area contributed by atoms with Gasteiger partial charge in [-0.2, -0.15) is 5.10 Å². The second-order valence-electron chi connectivity index (χ2n) is 6.00. The smallest absolute Gasteiger partial charge is 0.271 e. The Hall–Kier alpha value is -2.92. The molecule has 5 heteroatoms. The Morgan fingerprint density at radius 2 is 1.74 bits per heavy atom. The van der Waals surface area contributed by atoms with Crippen molar-refractivity contribution < 1.29 is 9.53 Å². The van der Waals surface area contributed by atoms with Crippen LogP contribution in [0.4, 0.5) is 0 Å². The van der Waals surface area contributed by atoms with Gasteiger partial charge in [0.15, 0.2) is 0 Å². The van der Waals surface area contributed by atoms with Crippen LogP contribution < -0.4 is 10.2 Å². The molecule has 0 aliphatic heterocycles. The summed E-state index contributed by atoms with van der Waals surface area (Å²) in [6.45, 7) is 2.40. The Morgan fingerprint density at radius 3 is 2.44 bits per heavy atom. The highest BCUT2D eigenvalue weighted by Gasteiger charge is 2.06. The lowest BCUT2D eigenvalue weighted by Crippen LogP contribution is -2.18. The number of hydrogen-bond donors (Lipinski definition) is 1. The van der Waals surface area contributed by atoms with Crippen LogP contribution in [0.25, 0.3) is 0 Å². The van der Waals surface area contributed by atoms with Gasteiger partial charge in [0.2, 0.25) is 0 Å². The number of nitrogens with zero attached hydrogens (tertiary/aromatic N) is 1. The summed E-state index contributed by atoms with van der Waals surface area (Å²) in [5, 5.41) is 4.02. The largest absolute Gasteiger partial charge is 0.489 e. The first-order valence-corrected chi connectivity index (χ1v) is 9.27. The summed E-state index contributed by atoms with van der Waals surface area (Å²) in [6, 6.07) is 22.9. The summed E-state index contributed by atoms with van der Waals surface area (Å²) in [5.41, 5.74) is 6.05. The molecule has 1 amide bonds. The Balaban J connectivity index is 1.52. The Labute approximate surface area is 167 Å². The molecule has 0 bridgehead atoms. The first kappa shape index (κ1) is 18.9. The van der Waals surface area contributed by atoms with Gasteiger partial charge in [-0.15, -0.1) is 0 Å². The third-order valence-electron chi connectivity index (χ3n) is 3.97. The quantitative estimate of drug-likeness (QED) is 0.443. The van der Waals surface area contributed by atoms with Gasteiger partial charge in [0.05, 0.1) is 6.21 Å². The van der Waals surface area contributed by atoms with Gasteiger partial charge in [-0.05, 0) is 66.1 Å². The minimum Gasteiger partial charge on any atom is -0.489 e. The summed E-state index contributed by atoms with van der Waals surface area (Å²) < 4.78 is 6.82. The number of carbonyl (C=O) groups is 1. The van der Waals surface area contributed by atoms with Crippen LogP contribution in [0.2, 0.25) is 0 Å².